The number of aryl methyl sites for hydroxylation is 1. The van der Waals surface area contributed by atoms with Crippen LogP contribution in [0, 0.1) is 18.8 Å². The summed E-state index contributed by atoms with van der Waals surface area (Å²) in [4.78, 5) is 3.91. The van der Waals surface area contributed by atoms with E-state index in [-0.39, 0.29) is 6.10 Å². The minimum absolute atomic E-state index is 0.0807. The Hall–Kier alpha value is -0.420. The van der Waals surface area contributed by atoms with E-state index in [9.17, 15) is 5.11 Å². The third-order valence-corrected chi connectivity index (χ3v) is 5.84. The van der Waals surface area contributed by atoms with Crippen molar-refractivity contribution in [2.24, 2.45) is 17.6 Å². The van der Waals surface area contributed by atoms with Crippen molar-refractivity contribution in [3.63, 3.8) is 0 Å². The molecule has 1 aromatic rings. The molecule has 1 aliphatic heterocycles. The molecule has 4 heteroatoms. The summed E-state index contributed by atoms with van der Waals surface area (Å²) in [6.45, 7) is 4.98. The molecule has 2 fully saturated rings. The average molecular weight is 266 g/mol. The predicted molar refractivity (Wildman–Crippen MR) is 74.6 cm³/mol. The van der Waals surface area contributed by atoms with Crippen molar-refractivity contribution in [1.29, 1.82) is 0 Å². The Bertz CT molecular complexity index is 420. The van der Waals surface area contributed by atoms with Crippen LogP contribution < -0.4 is 5.73 Å². The van der Waals surface area contributed by atoms with Crippen LogP contribution in [0.3, 0.4) is 0 Å². The van der Waals surface area contributed by atoms with Crippen LogP contribution in [0.4, 0.5) is 0 Å². The number of aliphatic hydroxyl groups is 1. The van der Waals surface area contributed by atoms with Gasteiger partial charge in [0, 0.05) is 30.4 Å². The number of nitrogens with zero attached hydrogens (tertiary/aromatic N) is 1. The van der Waals surface area contributed by atoms with E-state index in [2.05, 4.69) is 23.3 Å². The fourth-order valence-electron chi connectivity index (χ4n) is 3.67. The van der Waals surface area contributed by atoms with E-state index in [1.54, 1.807) is 0 Å². The Morgan fingerprint density at radius 2 is 2.33 bits per heavy atom. The number of rotatable bonds is 3. The Balaban J connectivity index is 1.77. The van der Waals surface area contributed by atoms with Gasteiger partial charge in [0.2, 0.25) is 0 Å². The monoisotopic (exact) mass is 266 g/mol. The van der Waals surface area contributed by atoms with Crippen molar-refractivity contribution in [3.05, 3.63) is 21.9 Å². The molecule has 0 amide bonds. The van der Waals surface area contributed by atoms with Gasteiger partial charge in [-0.1, -0.05) is 0 Å². The van der Waals surface area contributed by atoms with Gasteiger partial charge < -0.3 is 10.8 Å². The molecule has 3 N–H and O–H groups in total. The van der Waals surface area contributed by atoms with Crippen LogP contribution in [-0.2, 0) is 0 Å². The first-order chi connectivity index (χ1) is 8.70. The molecule has 1 saturated heterocycles. The van der Waals surface area contributed by atoms with Gasteiger partial charge in [0.15, 0.2) is 0 Å². The van der Waals surface area contributed by atoms with Gasteiger partial charge in [-0.3, -0.25) is 4.90 Å². The van der Waals surface area contributed by atoms with Crippen molar-refractivity contribution in [3.8, 4) is 0 Å². The quantitative estimate of drug-likeness (QED) is 0.876. The molecule has 2 heterocycles. The second-order valence-corrected chi connectivity index (χ2v) is 6.69. The summed E-state index contributed by atoms with van der Waals surface area (Å²) >= 11 is 1.81. The van der Waals surface area contributed by atoms with Gasteiger partial charge in [-0.15, -0.1) is 11.3 Å². The summed E-state index contributed by atoms with van der Waals surface area (Å²) in [5, 5.41) is 12.2. The third-order valence-electron chi connectivity index (χ3n) is 4.72. The van der Waals surface area contributed by atoms with E-state index in [1.807, 2.05) is 11.3 Å². The minimum atomic E-state index is -0.0807. The molecular weight excluding hydrogens is 244 g/mol. The first-order valence-electron chi connectivity index (χ1n) is 6.87. The minimum Gasteiger partial charge on any atom is -0.393 e. The molecule has 4 unspecified atom stereocenters. The van der Waals surface area contributed by atoms with Crippen LogP contribution in [0.5, 0.6) is 0 Å². The highest BCUT2D eigenvalue weighted by atomic mass is 32.1. The Kier molecular flexibility index (Phi) is 3.45. The molecular formula is C14H22N2OS. The van der Waals surface area contributed by atoms with E-state index >= 15 is 0 Å². The van der Waals surface area contributed by atoms with E-state index in [0.717, 1.165) is 19.5 Å². The molecule has 1 aliphatic carbocycles. The van der Waals surface area contributed by atoms with Crippen molar-refractivity contribution in [2.75, 3.05) is 19.6 Å². The first kappa shape index (κ1) is 12.6. The number of hydrogen-bond donors (Lipinski definition) is 2. The maximum absolute atomic E-state index is 10.0. The number of hydrogen-bond acceptors (Lipinski definition) is 4. The largest absolute Gasteiger partial charge is 0.393 e. The molecule has 0 bridgehead atoms. The number of nitrogens with two attached hydrogens (primary N) is 1. The first-order valence-corrected chi connectivity index (χ1v) is 7.75. The van der Waals surface area contributed by atoms with Gasteiger partial charge >= 0.3 is 0 Å². The fraction of sp³-hybridized carbons (Fsp3) is 0.714. The topological polar surface area (TPSA) is 49.5 Å². The van der Waals surface area contributed by atoms with Crippen molar-refractivity contribution >= 4 is 11.3 Å². The summed E-state index contributed by atoms with van der Waals surface area (Å²) in [5.74, 6) is 1.17. The molecule has 0 spiro atoms. The summed E-state index contributed by atoms with van der Waals surface area (Å²) in [6.07, 6.45) is 2.10. The Morgan fingerprint density at radius 1 is 1.50 bits per heavy atom. The average Bonchev–Trinajstić information content (AvgIpc) is 3.01. The normalized spacial score (nSPS) is 33.8. The highest BCUT2D eigenvalue weighted by Gasteiger charge is 2.43. The van der Waals surface area contributed by atoms with Crippen LogP contribution in [0.15, 0.2) is 11.4 Å². The van der Waals surface area contributed by atoms with E-state index in [1.165, 1.54) is 16.9 Å². The van der Waals surface area contributed by atoms with Crippen molar-refractivity contribution < 1.29 is 5.11 Å². The smallest absolute Gasteiger partial charge is 0.0583 e. The standard InChI is InChI=1S/C14H22N2OS/c1-9-4-5-18-14(9)12(6-15)16-7-10-2-3-13(17)11(10)8-16/h4-5,10-13,17H,2-3,6-8,15H2,1H3. The maximum atomic E-state index is 10.0. The molecule has 1 saturated carbocycles. The zero-order valence-corrected chi connectivity index (χ0v) is 11.7. The fourth-order valence-corrected chi connectivity index (χ4v) is 4.75. The lowest BCUT2D eigenvalue weighted by atomic mass is 10.00. The molecule has 100 valence electrons. The molecule has 2 aliphatic rings. The lowest BCUT2D eigenvalue weighted by molar-refractivity contribution is 0.118. The lowest BCUT2D eigenvalue weighted by Crippen LogP contribution is -2.33. The molecule has 1 aromatic heterocycles. The van der Waals surface area contributed by atoms with E-state index in [0.29, 0.717) is 24.4 Å². The Labute approximate surface area is 113 Å². The van der Waals surface area contributed by atoms with Crippen molar-refractivity contribution in [1.82, 2.24) is 4.90 Å². The number of aliphatic hydroxyl groups excluding tert-OH is 1. The van der Waals surface area contributed by atoms with Gasteiger partial charge in [-0.25, -0.2) is 0 Å². The molecule has 18 heavy (non-hydrogen) atoms. The predicted octanol–water partition coefficient (Wildman–Crippen LogP) is 1.76. The van der Waals surface area contributed by atoms with E-state index in [4.69, 9.17) is 5.73 Å². The van der Waals surface area contributed by atoms with Gasteiger partial charge in [0.1, 0.15) is 0 Å². The van der Waals surface area contributed by atoms with Gasteiger partial charge in [0.05, 0.1) is 12.1 Å². The van der Waals surface area contributed by atoms with Gasteiger partial charge in [0.25, 0.3) is 0 Å². The summed E-state index contributed by atoms with van der Waals surface area (Å²) in [7, 11) is 0. The number of fused-ring (bicyclic) bond motifs is 1. The molecule has 3 rings (SSSR count). The maximum Gasteiger partial charge on any atom is 0.0583 e. The zero-order chi connectivity index (χ0) is 12.7. The Morgan fingerprint density at radius 3 is 2.94 bits per heavy atom. The highest BCUT2D eigenvalue weighted by Crippen LogP contribution is 2.41. The molecule has 0 radical (unpaired) electrons. The molecule has 0 aromatic carbocycles. The molecule has 3 nitrogen and oxygen atoms in total. The van der Waals surface area contributed by atoms with E-state index < -0.39 is 0 Å². The lowest BCUT2D eigenvalue weighted by Gasteiger charge is -2.27. The van der Waals surface area contributed by atoms with Crippen LogP contribution >= 0.6 is 11.3 Å². The SMILES string of the molecule is Cc1ccsc1C(CN)N1CC2CCC(O)C2C1. The second-order valence-electron chi connectivity index (χ2n) is 5.74. The van der Waals surface area contributed by atoms with Gasteiger partial charge in [-0.05, 0) is 42.7 Å². The number of thiophene rings is 1. The van der Waals surface area contributed by atoms with Crippen LogP contribution in [-0.4, -0.2) is 35.7 Å². The second kappa shape index (κ2) is 4.93. The van der Waals surface area contributed by atoms with Crippen LogP contribution in [0.2, 0.25) is 0 Å². The highest BCUT2D eigenvalue weighted by molar-refractivity contribution is 7.10. The summed E-state index contributed by atoms with van der Waals surface area (Å²) in [6, 6.07) is 2.52. The third kappa shape index (κ3) is 2.01. The zero-order valence-electron chi connectivity index (χ0n) is 10.9. The summed E-state index contributed by atoms with van der Waals surface area (Å²) < 4.78 is 0. The number of likely N-dealkylation sites (tertiary alicyclic amines) is 1. The van der Waals surface area contributed by atoms with Crippen LogP contribution in [0.25, 0.3) is 0 Å². The van der Waals surface area contributed by atoms with Gasteiger partial charge in [-0.2, -0.15) is 0 Å². The van der Waals surface area contributed by atoms with Crippen molar-refractivity contribution in [2.45, 2.75) is 31.9 Å². The summed E-state index contributed by atoms with van der Waals surface area (Å²) in [5.41, 5.74) is 7.35. The molecule has 4 atom stereocenters. The van der Waals surface area contributed by atoms with Crippen LogP contribution in [0.1, 0.15) is 29.3 Å².